The fraction of sp³-hybridized carbons (Fsp3) is 0.323. The van der Waals surface area contributed by atoms with Crippen LogP contribution >= 0.6 is 0 Å². The Labute approximate surface area is 248 Å². The Morgan fingerprint density at radius 2 is 1.56 bits per heavy atom. The van der Waals surface area contributed by atoms with Crippen LogP contribution in [0.2, 0.25) is 0 Å². The van der Waals surface area contributed by atoms with Crippen molar-refractivity contribution in [1.82, 2.24) is 25.1 Å². The molecule has 2 aromatic carbocycles. The van der Waals surface area contributed by atoms with Gasteiger partial charge in [0.25, 0.3) is 5.91 Å². The van der Waals surface area contributed by atoms with Crippen molar-refractivity contribution in [1.29, 1.82) is 0 Å². The highest BCUT2D eigenvalue weighted by atomic mass is 16.6. The van der Waals surface area contributed by atoms with Crippen LogP contribution in [0.4, 0.5) is 4.79 Å². The molecule has 0 aliphatic carbocycles. The molecule has 2 N–H and O–H groups in total. The van der Waals surface area contributed by atoms with Crippen molar-refractivity contribution in [2.24, 2.45) is 0 Å². The lowest BCUT2D eigenvalue weighted by Crippen LogP contribution is -2.56. The maximum Gasteiger partial charge on any atom is 0.409 e. The SMILES string of the molecule is CCOC(=O)N1CCN(C(=O)C(CCC(=O)O)NC(=O)c2cc(-c3ccc(C(C)=O)cc3)nc(-c3ccccc3)n2)CC1. The van der Waals surface area contributed by atoms with Gasteiger partial charge in [0, 0.05) is 49.3 Å². The minimum Gasteiger partial charge on any atom is -0.481 e. The molecule has 3 amide bonds. The molecule has 0 saturated carbocycles. The predicted molar refractivity (Wildman–Crippen MR) is 156 cm³/mol. The van der Waals surface area contributed by atoms with Gasteiger partial charge in [0.15, 0.2) is 11.6 Å². The number of aromatic nitrogens is 2. The van der Waals surface area contributed by atoms with E-state index in [0.717, 1.165) is 0 Å². The molecule has 12 nitrogen and oxygen atoms in total. The van der Waals surface area contributed by atoms with E-state index in [0.29, 0.717) is 22.4 Å². The Hall–Kier alpha value is -5.13. The van der Waals surface area contributed by atoms with Crippen LogP contribution in [-0.2, 0) is 14.3 Å². The highest BCUT2D eigenvalue weighted by molar-refractivity contribution is 5.98. The quantitative estimate of drug-likeness (QED) is 0.340. The number of carbonyl (C=O) groups is 5. The summed E-state index contributed by atoms with van der Waals surface area (Å²) >= 11 is 0. The van der Waals surface area contributed by atoms with Gasteiger partial charge in [0.1, 0.15) is 11.7 Å². The average molecular weight is 588 g/mol. The zero-order valence-electron chi connectivity index (χ0n) is 24.0. The Morgan fingerprint density at radius 1 is 0.907 bits per heavy atom. The zero-order chi connectivity index (χ0) is 30.9. The number of ketones is 1. The molecule has 1 aliphatic rings. The maximum absolute atomic E-state index is 13.6. The number of carbonyl (C=O) groups excluding carboxylic acids is 4. The minimum absolute atomic E-state index is 0.0141. The first-order valence-corrected chi connectivity index (χ1v) is 13.9. The number of piperazine rings is 1. The Bertz CT molecular complexity index is 1490. The van der Waals surface area contributed by atoms with Crippen LogP contribution in [0.5, 0.6) is 0 Å². The molecule has 1 unspecified atom stereocenters. The second kappa shape index (κ2) is 14.2. The third-order valence-electron chi connectivity index (χ3n) is 6.95. The summed E-state index contributed by atoms with van der Waals surface area (Å²) in [5.41, 5.74) is 2.26. The second-order valence-electron chi connectivity index (χ2n) is 9.93. The highest BCUT2D eigenvalue weighted by Crippen LogP contribution is 2.23. The molecule has 12 heteroatoms. The summed E-state index contributed by atoms with van der Waals surface area (Å²) in [6.07, 6.45) is -0.935. The topological polar surface area (TPSA) is 159 Å². The Morgan fingerprint density at radius 3 is 2.16 bits per heavy atom. The van der Waals surface area contributed by atoms with Crippen LogP contribution in [0.25, 0.3) is 22.6 Å². The summed E-state index contributed by atoms with van der Waals surface area (Å²) in [6.45, 7) is 4.34. The van der Waals surface area contributed by atoms with Crippen LogP contribution < -0.4 is 5.32 Å². The molecule has 1 fully saturated rings. The predicted octanol–water partition coefficient (Wildman–Crippen LogP) is 3.28. The first-order valence-electron chi connectivity index (χ1n) is 13.9. The molecule has 1 aliphatic heterocycles. The average Bonchev–Trinajstić information content (AvgIpc) is 3.03. The molecule has 1 atom stereocenters. The van der Waals surface area contributed by atoms with Crippen molar-refractivity contribution in [3.05, 3.63) is 71.9 Å². The number of carboxylic acid groups (broad SMARTS) is 1. The monoisotopic (exact) mass is 587 g/mol. The standard InChI is InChI=1S/C31H33N5O7/c1-3-43-31(42)36-17-15-35(16-18-36)30(41)24(13-14-27(38)39)34-29(40)26-19-25(22-11-9-21(10-12-22)20(2)37)32-28(33-26)23-7-5-4-6-8-23/h4-12,19,24H,3,13-18H2,1-2H3,(H,34,40)(H,38,39). The lowest BCUT2D eigenvalue weighted by atomic mass is 10.1. The number of carboxylic acids is 1. The fourth-order valence-corrected chi connectivity index (χ4v) is 4.61. The number of benzene rings is 2. The van der Waals surface area contributed by atoms with Crippen molar-refractivity contribution in [3.8, 4) is 22.6 Å². The van der Waals surface area contributed by atoms with Gasteiger partial charge in [-0.3, -0.25) is 19.2 Å². The van der Waals surface area contributed by atoms with Gasteiger partial charge in [0.05, 0.1) is 12.3 Å². The largest absolute Gasteiger partial charge is 0.481 e. The van der Waals surface area contributed by atoms with E-state index in [2.05, 4.69) is 15.3 Å². The number of amides is 3. The summed E-state index contributed by atoms with van der Waals surface area (Å²) in [5.74, 6) is -2.03. The van der Waals surface area contributed by atoms with Gasteiger partial charge in [-0.15, -0.1) is 0 Å². The normalized spacial score (nSPS) is 13.6. The molecule has 0 bridgehead atoms. The number of hydrogen-bond acceptors (Lipinski definition) is 8. The number of Topliss-reactive ketones (excluding diaryl/α,β-unsaturated/α-hetero) is 1. The van der Waals surface area contributed by atoms with Crippen molar-refractivity contribution in [2.75, 3.05) is 32.8 Å². The first kappa shape index (κ1) is 30.8. The van der Waals surface area contributed by atoms with Crippen molar-refractivity contribution >= 4 is 29.7 Å². The number of ether oxygens (including phenoxy) is 1. The van der Waals surface area contributed by atoms with Gasteiger partial charge in [-0.05, 0) is 26.3 Å². The van der Waals surface area contributed by atoms with Crippen LogP contribution in [0.3, 0.4) is 0 Å². The van der Waals surface area contributed by atoms with E-state index in [1.165, 1.54) is 22.8 Å². The summed E-state index contributed by atoms with van der Waals surface area (Å²) in [5, 5.41) is 12.0. The lowest BCUT2D eigenvalue weighted by molar-refractivity contribution is -0.138. The molecule has 43 heavy (non-hydrogen) atoms. The highest BCUT2D eigenvalue weighted by Gasteiger charge is 2.31. The van der Waals surface area contributed by atoms with E-state index < -0.39 is 29.9 Å². The van der Waals surface area contributed by atoms with E-state index in [-0.39, 0.29) is 62.9 Å². The second-order valence-corrected chi connectivity index (χ2v) is 9.93. The maximum atomic E-state index is 13.6. The van der Waals surface area contributed by atoms with Crippen LogP contribution in [-0.4, -0.2) is 93.4 Å². The van der Waals surface area contributed by atoms with E-state index in [9.17, 15) is 29.1 Å². The molecule has 1 saturated heterocycles. The third-order valence-corrected chi connectivity index (χ3v) is 6.95. The van der Waals surface area contributed by atoms with E-state index >= 15 is 0 Å². The number of aliphatic carboxylic acids is 1. The molecule has 3 aromatic rings. The molecular weight excluding hydrogens is 554 g/mol. The van der Waals surface area contributed by atoms with E-state index in [4.69, 9.17) is 4.74 Å². The molecule has 0 radical (unpaired) electrons. The molecular formula is C31H33N5O7. The van der Waals surface area contributed by atoms with Crippen molar-refractivity contribution in [2.45, 2.75) is 32.7 Å². The van der Waals surface area contributed by atoms with Gasteiger partial charge < -0.3 is 25.0 Å². The molecule has 224 valence electrons. The number of nitrogens with zero attached hydrogens (tertiary/aromatic N) is 4. The lowest BCUT2D eigenvalue weighted by Gasteiger charge is -2.35. The van der Waals surface area contributed by atoms with Crippen LogP contribution in [0, 0.1) is 0 Å². The van der Waals surface area contributed by atoms with Gasteiger partial charge in [-0.2, -0.15) is 0 Å². The van der Waals surface area contributed by atoms with Crippen LogP contribution in [0.1, 0.15) is 47.5 Å². The minimum atomic E-state index is -1.13. The smallest absolute Gasteiger partial charge is 0.409 e. The molecule has 4 rings (SSSR count). The molecule has 0 spiro atoms. The third kappa shape index (κ3) is 8.00. The fourth-order valence-electron chi connectivity index (χ4n) is 4.61. The summed E-state index contributed by atoms with van der Waals surface area (Å²) in [7, 11) is 0. The van der Waals surface area contributed by atoms with E-state index in [1.54, 1.807) is 43.3 Å². The molecule has 2 heterocycles. The number of nitrogens with one attached hydrogen (secondary N) is 1. The number of rotatable bonds is 10. The summed E-state index contributed by atoms with van der Waals surface area (Å²) < 4.78 is 5.02. The van der Waals surface area contributed by atoms with E-state index in [1.807, 2.05) is 18.2 Å². The van der Waals surface area contributed by atoms with Gasteiger partial charge >= 0.3 is 12.1 Å². The summed E-state index contributed by atoms with van der Waals surface area (Å²) in [4.78, 5) is 74.3. The zero-order valence-corrected chi connectivity index (χ0v) is 24.0. The van der Waals surface area contributed by atoms with Crippen molar-refractivity contribution < 1.29 is 33.8 Å². The summed E-state index contributed by atoms with van der Waals surface area (Å²) in [6, 6.07) is 16.2. The van der Waals surface area contributed by atoms with Crippen molar-refractivity contribution in [3.63, 3.8) is 0 Å². The number of hydrogen-bond donors (Lipinski definition) is 2. The van der Waals surface area contributed by atoms with Gasteiger partial charge in [-0.25, -0.2) is 14.8 Å². The van der Waals surface area contributed by atoms with Gasteiger partial charge in [-0.1, -0.05) is 54.6 Å². The first-order chi connectivity index (χ1) is 20.7. The Kier molecular flexibility index (Phi) is 10.2. The van der Waals surface area contributed by atoms with Gasteiger partial charge in [0.2, 0.25) is 5.91 Å². The van der Waals surface area contributed by atoms with Crippen LogP contribution in [0.15, 0.2) is 60.7 Å². The molecule has 1 aromatic heterocycles. The Balaban J connectivity index is 1.60.